The standard InChI is InChI=1S/C16H26N6S2/c1-20(2)15-17-10-13(24-15)11-22-7-5-12(6-8-22)9-14-18-19-16(23-4)21(14)3/h10,12H,5-9,11H2,1-4H3. The summed E-state index contributed by atoms with van der Waals surface area (Å²) in [6, 6.07) is 0. The first kappa shape index (κ1) is 17.7. The Morgan fingerprint density at radius 1 is 1.29 bits per heavy atom. The summed E-state index contributed by atoms with van der Waals surface area (Å²) < 4.78 is 2.14. The summed E-state index contributed by atoms with van der Waals surface area (Å²) in [5.41, 5.74) is 0. The average molecular weight is 367 g/mol. The van der Waals surface area contributed by atoms with Crippen LogP contribution >= 0.6 is 23.1 Å². The lowest BCUT2D eigenvalue weighted by molar-refractivity contribution is 0.176. The first-order chi connectivity index (χ1) is 11.6. The van der Waals surface area contributed by atoms with E-state index in [0.717, 1.165) is 48.1 Å². The number of likely N-dealkylation sites (tertiary alicyclic amines) is 1. The van der Waals surface area contributed by atoms with Crippen LogP contribution in [0.25, 0.3) is 0 Å². The van der Waals surface area contributed by atoms with Gasteiger partial charge < -0.3 is 9.47 Å². The van der Waals surface area contributed by atoms with E-state index in [9.17, 15) is 0 Å². The predicted octanol–water partition coefficient (Wildman–Crippen LogP) is 2.51. The van der Waals surface area contributed by atoms with Gasteiger partial charge in [0.05, 0.1) is 0 Å². The lowest BCUT2D eigenvalue weighted by Crippen LogP contribution is -2.33. The smallest absolute Gasteiger partial charge is 0.190 e. The number of nitrogens with zero attached hydrogens (tertiary/aromatic N) is 6. The molecule has 0 spiro atoms. The molecule has 3 heterocycles. The van der Waals surface area contributed by atoms with E-state index < -0.39 is 0 Å². The molecule has 0 amide bonds. The molecule has 2 aromatic rings. The van der Waals surface area contributed by atoms with Crippen molar-refractivity contribution in [1.29, 1.82) is 0 Å². The van der Waals surface area contributed by atoms with Crippen molar-refractivity contribution in [3.63, 3.8) is 0 Å². The fourth-order valence-electron chi connectivity index (χ4n) is 3.10. The second kappa shape index (κ2) is 7.84. The number of aromatic nitrogens is 4. The Morgan fingerprint density at radius 2 is 2.04 bits per heavy atom. The number of rotatable bonds is 6. The van der Waals surface area contributed by atoms with Gasteiger partial charge >= 0.3 is 0 Å². The highest BCUT2D eigenvalue weighted by Crippen LogP contribution is 2.26. The van der Waals surface area contributed by atoms with Crippen LogP contribution in [0.4, 0.5) is 5.13 Å². The Bertz CT molecular complexity index is 657. The minimum atomic E-state index is 0.720. The highest BCUT2D eigenvalue weighted by molar-refractivity contribution is 7.98. The van der Waals surface area contributed by atoms with Crippen LogP contribution in [0.5, 0.6) is 0 Å². The van der Waals surface area contributed by atoms with E-state index in [0.29, 0.717) is 0 Å². The highest BCUT2D eigenvalue weighted by Gasteiger charge is 2.22. The zero-order chi connectivity index (χ0) is 17.1. The van der Waals surface area contributed by atoms with Crippen LogP contribution in [0, 0.1) is 5.92 Å². The number of thiazole rings is 1. The maximum absolute atomic E-state index is 4.47. The maximum atomic E-state index is 4.47. The largest absolute Gasteiger partial charge is 0.354 e. The van der Waals surface area contributed by atoms with E-state index in [1.807, 2.05) is 26.5 Å². The van der Waals surface area contributed by atoms with Crippen LogP contribution in [0.2, 0.25) is 0 Å². The van der Waals surface area contributed by atoms with E-state index in [-0.39, 0.29) is 0 Å². The highest BCUT2D eigenvalue weighted by atomic mass is 32.2. The van der Waals surface area contributed by atoms with Crippen LogP contribution in [0.15, 0.2) is 11.4 Å². The number of hydrogen-bond acceptors (Lipinski definition) is 7. The van der Waals surface area contributed by atoms with Crippen molar-refractivity contribution in [3.8, 4) is 0 Å². The minimum Gasteiger partial charge on any atom is -0.354 e. The van der Waals surface area contributed by atoms with Gasteiger partial charge in [0.2, 0.25) is 0 Å². The molecule has 0 N–H and O–H groups in total. The fraction of sp³-hybridized carbons (Fsp3) is 0.688. The first-order valence-corrected chi connectivity index (χ1v) is 10.4. The molecule has 132 valence electrons. The second-order valence-electron chi connectivity index (χ2n) is 6.59. The molecule has 0 atom stereocenters. The molecule has 0 unspecified atom stereocenters. The number of piperidine rings is 1. The molecular formula is C16H26N6S2. The predicted molar refractivity (Wildman–Crippen MR) is 101 cm³/mol. The summed E-state index contributed by atoms with van der Waals surface area (Å²) in [6.45, 7) is 3.35. The van der Waals surface area contributed by atoms with Crippen molar-refractivity contribution in [1.82, 2.24) is 24.6 Å². The second-order valence-corrected chi connectivity index (χ2v) is 8.46. The molecule has 2 aromatic heterocycles. The van der Waals surface area contributed by atoms with Crippen molar-refractivity contribution >= 4 is 28.2 Å². The van der Waals surface area contributed by atoms with E-state index >= 15 is 0 Å². The summed E-state index contributed by atoms with van der Waals surface area (Å²) in [7, 11) is 6.16. The molecule has 1 saturated heterocycles. The molecule has 0 saturated carbocycles. The molecule has 0 bridgehead atoms. The Kier molecular flexibility index (Phi) is 5.78. The van der Waals surface area contributed by atoms with Gasteiger partial charge in [-0.3, -0.25) is 4.90 Å². The maximum Gasteiger partial charge on any atom is 0.190 e. The summed E-state index contributed by atoms with van der Waals surface area (Å²) in [6.07, 6.45) is 7.59. The third-order valence-electron chi connectivity index (χ3n) is 4.59. The van der Waals surface area contributed by atoms with Crippen molar-refractivity contribution in [2.24, 2.45) is 13.0 Å². The average Bonchev–Trinajstić information content (AvgIpc) is 3.17. The first-order valence-electron chi connectivity index (χ1n) is 8.33. The Morgan fingerprint density at radius 3 is 2.62 bits per heavy atom. The molecule has 8 heteroatoms. The molecule has 3 rings (SSSR count). The summed E-state index contributed by atoms with van der Waals surface area (Å²) in [4.78, 5) is 10.4. The Balaban J connectivity index is 1.49. The SMILES string of the molecule is CSc1nnc(CC2CCN(Cc3cnc(N(C)C)s3)CC2)n1C. The van der Waals surface area contributed by atoms with Gasteiger partial charge in [-0.2, -0.15) is 0 Å². The van der Waals surface area contributed by atoms with Gasteiger partial charge in [0, 0.05) is 45.2 Å². The van der Waals surface area contributed by atoms with Crippen molar-refractivity contribution in [2.45, 2.75) is 31.0 Å². The molecule has 6 nitrogen and oxygen atoms in total. The van der Waals surface area contributed by atoms with Gasteiger partial charge in [-0.25, -0.2) is 4.98 Å². The van der Waals surface area contributed by atoms with E-state index in [4.69, 9.17) is 0 Å². The third-order valence-corrected chi connectivity index (χ3v) is 6.46. The molecule has 1 fully saturated rings. The van der Waals surface area contributed by atoms with E-state index in [1.165, 1.54) is 17.7 Å². The van der Waals surface area contributed by atoms with Gasteiger partial charge in [-0.15, -0.1) is 21.5 Å². The summed E-state index contributed by atoms with van der Waals surface area (Å²) in [5.74, 6) is 1.84. The van der Waals surface area contributed by atoms with Crippen molar-refractivity contribution in [3.05, 3.63) is 16.9 Å². The third kappa shape index (κ3) is 4.10. The summed E-state index contributed by atoms with van der Waals surface area (Å²) in [5, 5.41) is 10.7. The van der Waals surface area contributed by atoms with E-state index in [1.54, 1.807) is 23.1 Å². The van der Waals surface area contributed by atoms with Crippen LogP contribution in [0.1, 0.15) is 23.5 Å². The molecule has 1 aliphatic rings. The van der Waals surface area contributed by atoms with Crippen LogP contribution < -0.4 is 4.90 Å². The van der Waals surface area contributed by atoms with Crippen LogP contribution in [-0.4, -0.2) is 58.1 Å². The summed E-state index contributed by atoms with van der Waals surface area (Å²) >= 11 is 3.45. The van der Waals surface area contributed by atoms with Gasteiger partial charge in [-0.05, 0) is 38.1 Å². The van der Waals surface area contributed by atoms with E-state index in [2.05, 4.69) is 36.6 Å². The van der Waals surface area contributed by atoms with Crippen molar-refractivity contribution in [2.75, 3.05) is 38.3 Å². The normalized spacial score (nSPS) is 16.7. The molecule has 0 aromatic carbocycles. The monoisotopic (exact) mass is 366 g/mol. The minimum absolute atomic E-state index is 0.720. The van der Waals surface area contributed by atoms with Gasteiger partial charge in [0.15, 0.2) is 10.3 Å². The van der Waals surface area contributed by atoms with Crippen LogP contribution in [-0.2, 0) is 20.0 Å². The zero-order valence-corrected chi connectivity index (χ0v) is 16.5. The molecule has 0 aliphatic carbocycles. The quantitative estimate of drug-likeness (QED) is 0.732. The topological polar surface area (TPSA) is 50.1 Å². The van der Waals surface area contributed by atoms with Gasteiger partial charge in [0.25, 0.3) is 0 Å². The molecule has 0 radical (unpaired) electrons. The lowest BCUT2D eigenvalue weighted by atomic mass is 9.93. The molecule has 24 heavy (non-hydrogen) atoms. The number of hydrogen-bond donors (Lipinski definition) is 0. The number of thioether (sulfide) groups is 1. The van der Waals surface area contributed by atoms with Gasteiger partial charge in [-0.1, -0.05) is 11.8 Å². The lowest BCUT2D eigenvalue weighted by Gasteiger charge is -2.31. The Hall–Kier alpha value is -1.12. The van der Waals surface area contributed by atoms with Gasteiger partial charge in [0.1, 0.15) is 5.82 Å². The van der Waals surface area contributed by atoms with Crippen molar-refractivity contribution < 1.29 is 0 Å². The molecule has 1 aliphatic heterocycles. The zero-order valence-electron chi connectivity index (χ0n) is 14.9. The number of anilines is 1. The molecular weight excluding hydrogens is 340 g/mol. The fourth-order valence-corrected chi connectivity index (χ4v) is 4.48. The van der Waals surface area contributed by atoms with Crippen LogP contribution in [0.3, 0.4) is 0 Å². The Labute approximate surface area is 152 Å².